The van der Waals surface area contributed by atoms with E-state index in [0.717, 1.165) is 54.3 Å². The molecule has 1 saturated heterocycles. The van der Waals surface area contributed by atoms with Crippen LogP contribution in [0.4, 0.5) is 5.13 Å². The summed E-state index contributed by atoms with van der Waals surface area (Å²) in [6.07, 6.45) is 0.797. The lowest BCUT2D eigenvalue weighted by Crippen LogP contribution is -2.41. The highest BCUT2D eigenvalue weighted by atomic mass is 79.9. The summed E-state index contributed by atoms with van der Waals surface area (Å²) in [6.45, 7) is 8.57. The normalized spacial score (nSPS) is 14.5. The summed E-state index contributed by atoms with van der Waals surface area (Å²) in [5.74, 6) is -0.383. The van der Waals surface area contributed by atoms with Crippen LogP contribution in [0.15, 0.2) is 28.7 Å². The van der Waals surface area contributed by atoms with Gasteiger partial charge in [0, 0.05) is 41.1 Å². The predicted octanol–water partition coefficient (Wildman–Crippen LogP) is 3.33. The molecule has 2 aromatic rings. The van der Waals surface area contributed by atoms with E-state index in [1.54, 1.807) is 17.0 Å². The molecule has 1 aliphatic heterocycles. The van der Waals surface area contributed by atoms with E-state index >= 15 is 0 Å². The molecule has 0 radical (unpaired) electrons. The molecule has 0 bridgehead atoms. The molecule has 0 spiro atoms. The van der Waals surface area contributed by atoms with Crippen LogP contribution in [0, 0.1) is 13.8 Å². The van der Waals surface area contributed by atoms with E-state index in [9.17, 15) is 9.59 Å². The Hall–Kier alpha value is -1.81. The lowest BCUT2D eigenvalue weighted by Gasteiger charge is -2.28. The first-order chi connectivity index (χ1) is 14.4. The molecule has 1 aromatic carbocycles. The van der Waals surface area contributed by atoms with Gasteiger partial charge in [-0.25, -0.2) is 4.98 Å². The summed E-state index contributed by atoms with van der Waals surface area (Å²) in [6, 6.07) is 7.21. The summed E-state index contributed by atoms with van der Waals surface area (Å²) >= 11 is 4.83. The van der Waals surface area contributed by atoms with Gasteiger partial charge in [-0.1, -0.05) is 15.9 Å². The van der Waals surface area contributed by atoms with E-state index in [-0.39, 0.29) is 18.4 Å². The Kier molecular flexibility index (Phi) is 8.38. The fourth-order valence-corrected chi connectivity index (χ4v) is 4.29. The molecule has 162 valence electrons. The molecule has 2 heterocycles. The third-order valence-electron chi connectivity index (χ3n) is 4.99. The molecule has 0 atom stereocenters. The largest absolute Gasteiger partial charge is 0.379 e. The molecule has 1 aliphatic rings. The smallest absolute Gasteiger partial charge is 0.254 e. The number of thiazole rings is 1. The molecule has 7 nitrogen and oxygen atoms in total. The Morgan fingerprint density at radius 2 is 1.93 bits per heavy atom. The zero-order chi connectivity index (χ0) is 21.5. The van der Waals surface area contributed by atoms with Crippen LogP contribution in [0.5, 0.6) is 0 Å². The number of hydrogen-bond donors (Lipinski definition) is 1. The minimum Gasteiger partial charge on any atom is -0.379 e. The molecule has 1 N–H and O–H groups in total. The lowest BCUT2D eigenvalue weighted by atomic mass is 10.2. The Bertz CT molecular complexity index is 846. The first-order valence-electron chi connectivity index (χ1n) is 10.0. The fourth-order valence-electron chi connectivity index (χ4n) is 3.20. The molecular formula is C21H27BrN4O3S. The molecule has 2 amide bonds. The van der Waals surface area contributed by atoms with Gasteiger partial charge in [0.25, 0.3) is 5.91 Å². The van der Waals surface area contributed by atoms with E-state index in [1.807, 2.05) is 26.0 Å². The maximum Gasteiger partial charge on any atom is 0.254 e. The molecule has 1 aromatic heterocycles. The van der Waals surface area contributed by atoms with Gasteiger partial charge in [-0.2, -0.15) is 0 Å². The third kappa shape index (κ3) is 6.60. The summed E-state index contributed by atoms with van der Waals surface area (Å²) in [7, 11) is 0. The van der Waals surface area contributed by atoms with Crippen molar-refractivity contribution in [2.24, 2.45) is 0 Å². The number of ether oxygens (including phenoxy) is 1. The van der Waals surface area contributed by atoms with Gasteiger partial charge >= 0.3 is 0 Å². The Labute approximate surface area is 189 Å². The highest BCUT2D eigenvalue weighted by Crippen LogP contribution is 2.21. The van der Waals surface area contributed by atoms with Crippen molar-refractivity contribution < 1.29 is 14.3 Å². The predicted molar refractivity (Wildman–Crippen MR) is 122 cm³/mol. The number of nitrogens with zero attached hydrogens (tertiary/aromatic N) is 3. The number of carbonyl (C=O) groups is 2. The number of carbonyl (C=O) groups excluding carboxylic acids is 2. The van der Waals surface area contributed by atoms with Crippen molar-refractivity contribution in [2.45, 2.75) is 20.3 Å². The minimum atomic E-state index is -0.236. The average Bonchev–Trinajstić information content (AvgIpc) is 3.04. The molecule has 0 saturated carbocycles. The number of nitrogens with one attached hydrogen (secondary N) is 1. The van der Waals surface area contributed by atoms with Gasteiger partial charge in [0.15, 0.2) is 5.13 Å². The Morgan fingerprint density at radius 3 is 2.57 bits per heavy atom. The summed E-state index contributed by atoms with van der Waals surface area (Å²) in [4.78, 5) is 35.1. The number of benzene rings is 1. The van der Waals surface area contributed by atoms with Crippen molar-refractivity contribution in [1.29, 1.82) is 0 Å². The summed E-state index contributed by atoms with van der Waals surface area (Å²) in [5, 5.41) is 3.40. The van der Waals surface area contributed by atoms with Crippen molar-refractivity contribution in [3.63, 3.8) is 0 Å². The fraction of sp³-hybridized carbons (Fsp3) is 0.476. The molecule has 30 heavy (non-hydrogen) atoms. The summed E-state index contributed by atoms with van der Waals surface area (Å²) < 4.78 is 6.29. The number of aryl methyl sites for hydroxylation is 2. The number of anilines is 1. The lowest BCUT2D eigenvalue weighted by molar-refractivity contribution is -0.116. The molecular weight excluding hydrogens is 468 g/mol. The Morgan fingerprint density at radius 1 is 1.23 bits per heavy atom. The molecule has 1 fully saturated rings. The van der Waals surface area contributed by atoms with Crippen molar-refractivity contribution in [1.82, 2.24) is 14.8 Å². The molecule has 0 aliphatic carbocycles. The van der Waals surface area contributed by atoms with E-state index in [1.165, 1.54) is 11.3 Å². The first-order valence-corrected chi connectivity index (χ1v) is 11.6. The topological polar surface area (TPSA) is 74.8 Å². The number of amides is 2. The summed E-state index contributed by atoms with van der Waals surface area (Å²) in [5.41, 5.74) is 1.47. The monoisotopic (exact) mass is 494 g/mol. The van der Waals surface area contributed by atoms with Gasteiger partial charge in [0.05, 0.1) is 18.9 Å². The molecule has 3 rings (SSSR count). The van der Waals surface area contributed by atoms with Gasteiger partial charge in [-0.15, -0.1) is 11.3 Å². The number of hydrogen-bond acceptors (Lipinski definition) is 6. The van der Waals surface area contributed by atoms with Gasteiger partial charge in [-0.3, -0.25) is 14.5 Å². The zero-order valence-corrected chi connectivity index (χ0v) is 19.7. The van der Waals surface area contributed by atoms with E-state index in [2.05, 4.69) is 31.1 Å². The Balaban J connectivity index is 1.63. The second-order valence-electron chi connectivity index (χ2n) is 7.25. The maximum atomic E-state index is 13.1. The second-order valence-corrected chi connectivity index (χ2v) is 9.37. The zero-order valence-electron chi connectivity index (χ0n) is 17.3. The van der Waals surface area contributed by atoms with Crippen LogP contribution >= 0.6 is 27.3 Å². The van der Waals surface area contributed by atoms with Crippen LogP contribution in [-0.4, -0.2) is 72.5 Å². The number of rotatable bonds is 8. The van der Waals surface area contributed by atoms with Crippen molar-refractivity contribution in [3.8, 4) is 0 Å². The quantitative estimate of drug-likeness (QED) is 0.608. The minimum absolute atomic E-state index is 0.00428. The van der Waals surface area contributed by atoms with Gasteiger partial charge in [0.2, 0.25) is 5.91 Å². The molecule has 0 unspecified atom stereocenters. The van der Waals surface area contributed by atoms with Crippen molar-refractivity contribution in [3.05, 3.63) is 44.9 Å². The van der Waals surface area contributed by atoms with E-state index in [4.69, 9.17) is 4.74 Å². The van der Waals surface area contributed by atoms with Crippen LogP contribution in [0.1, 0.15) is 27.3 Å². The highest BCUT2D eigenvalue weighted by molar-refractivity contribution is 9.10. The second kappa shape index (κ2) is 11.0. The first kappa shape index (κ1) is 22.9. The number of halogens is 1. The van der Waals surface area contributed by atoms with Gasteiger partial charge in [-0.05, 0) is 44.5 Å². The van der Waals surface area contributed by atoms with E-state index in [0.29, 0.717) is 17.2 Å². The van der Waals surface area contributed by atoms with E-state index < -0.39 is 0 Å². The average molecular weight is 495 g/mol. The van der Waals surface area contributed by atoms with Crippen LogP contribution in [0.25, 0.3) is 0 Å². The third-order valence-corrected chi connectivity index (χ3v) is 6.51. The maximum absolute atomic E-state index is 13.1. The van der Waals surface area contributed by atoms with Crippen molar-refractivity contribution in [2.75, 3.05) is 51.3 Å². The van der Waals surface area contributed by atoms with Gasteiger partial charge < -0.3 is 15.0 Å². The van der Waals surface area contributed by atoms with Crippen LogP contribution in [0.2, 0.25) is 0 Å². The number of morpholine rings is 1. The number of aromatic nitrogens is 1. The van der Waals surface area contributed by atoms with Gasteiger partial charge in [0.1, 0.15) is 6.54 Å². The van der Waals surface area contributed by atoms with Crippen LogP contribution < -0.4 is 5.32 Å². The van der Waals surface area contributed by atoms with Crippen molar-refractivity contribution >= 4 is 44.2 Å². The highest BCUT2D eigenvalue weighted by Gasteiger charge is 2.20. The SMILES string of the molecule is Cc1nc(NC(=O)CN(CCCN2CCOCC2)C(=O)c2ccc(Br)cc2)sc1C. The standard InChI is InChI=1S/C21H27BrN4O3S/c1-15-16(2)30-21(23-15)24-19(27)14-26(9-3-8-25-10-12-29-13-11-25)20(28)17-4-6-18(22)7-5-17/h4-7H,3,8-14H2,1-2H3,(H,23,24,27). The van der Waals surface area contributed by atoms with Crippen LogP contribution in [0.3, 0.4) is 0 Å². The van der Waals surface area contributed by atoms with Crippen LogP contribution in [-0.2, 0) is 9.53 Å². The molecule has 9 heteroatoms.